The molecule has 0 atom stereocenters. The molecule has 0 aliphatic heterocycles. The molecule has 0 aliphatic carbocycles. The number of aromatic nitrogens is 1. The lowest BCUT2D eigenvalue weighted by Gasteiger charge is -2.07. The average molecular weight is 296 g/mol. The van der Waals surface area contributed by atoms with Gasteiger partial charge in [-0.25, -0.2) is 9.37 Å². The Labute approximate surface area is 107 Å². The van der Waals surface area contributed by atoms with Gasteiger partial charge in [0.15, 0.2) is 0 Å². The van der Waals surface area contributed by atoms with Crippen LogP contribution in [0.2, 0.25) is 0 Å². The van der Waals surface area contributed by atoms with Gasteiger partial charge in [-0.05, 0) is 46.3 Å². The van der Waals surface area contributed by atoms with Gasteiger partial charge >= 0.3 is 0 Å². The van der Waals surface area contributed by atoms with Gasteiger partial charge in [0.05, 0.1) is 4.47 Å². The zero-order chi connectivity index (χ0) is 12.3. The van der Waals surface area contributed by atoms with E-state index < -0.39 is 0 Å². The summed E-state index contributed by atoms with van der Waals surface area (Å²) in [7, 11) is 1.80. The molecule has 2 aromatic rings. The fourth-order valence-corrected chi connectivity index (χ4v) is 1.61. The first-order valence-corrected chi connectivity index (χ1v) is 5.85. The molecule has 0 bridgehead atoms. The highest BCUT2D eigenvalue weighted by Crippen LogP contribution is 2.22. The summed E-state index contributed by atoms with van der Waals surface area (Å²) in [5.41, 5.74) is 0.659. The molecule has 0 saturated carbocycles. The molecule has 88 valence electrons. The van der Waals surface area contributed by atoms with Gasteiger partial charge < -0.3 is 10.6 Å². The van der Waals surface area contributed by atoms with Crippen molar-refractivity contribution < 1.29 is 4.39 Å². The second kappa shape index (κ2) is 5.14. The summed E-state index contributed by atoms with van der Waals surface area (Å²) in [5, 5.41) is 5.98. The molecule has 3 nitrogen and oxygen atoms in total. The van der Waals surface area contributed by atoms with E-state index in [0.717, 1.165) is 5.82 Å². The molecule has 1 aromatic heterocycles. The minimum Gasteiger partial charge on any atom is -0.373 e. The number of nitrogens with one attached hydrogen (secondary N) is 2. The van der Waals surface area contributed by atoms with E-state index in [-0.39, 0.29) is 5.82 Å². The van der Waals surface area contributed by atoms with E-state index in [0.29, 0.717) is 16.0 Å². The summed E-state index contributed by atoms with van der Waals surface area (Å²) in [5.74, 6) is 1.12. The summed E-state index contributed by atoms with van der Waals surface area (Å²) in [4.78, 5) is 4.28. The summed E-state index contributed by atoms with van der Waals surface area (Å²) in [6.07, 6.45) is 0. The SMILES string of the molecule is CNc1cccc(Nc2ccc(Br)c(F)c2)n1. The van der Waals surface area contributed by atoms with Crippen molar-refractivity contribution in [3.8, 4) is 0 Å². The lowest BCUT2D eigenvalue weighted by atomic mass is 10.3. The Morgan fingerprint density at radius 3 is 2.65 bits per heavy atom. The van der Waals surface area contributed by atoms with Gasteiger partial charge in [0.2, 0.25) is 0 Å². The van der Waals surface area contributed by atoms with Crippen molar-refractivity contribution in [2.75, 3.05) is 17.7 Å². The van der Waals surface area contributed by atoms with Crippen LogP contribution in [0.15, 0.2) is 40.9 Å². The molecule has 0 fully saturated rings. The fraction of sp³-hybridized carbons (Fsp3) is 0.0833. The maximum atomic E-state index is 13.3. The van der Waals surface area contributed by atoms with Crippen molar-refractivity contribution >= 4 is 33.3 Å². The van der Waals surface area contributed by atoms with Gasteiger partial charge in [-0.3, -0.25) is 0 Å². The van der Waals surface area contributed by atoms with E-state index in [1.54, 1.807) is 19.2 Å². The van der Waals surface area contributed by atoms with Crippen LogP contribution in [-0.4, -0.2) is 12.0 Å². The van der Waals surface area contributed by atoms with Crippen molar-refractivity contribution in [2.45, 2.75) is 0 Å². The van der Waals surface area contributed by atoms with E-state index in [4.69, 9.17) is 0 Å². The number of nitrogens with zero attached hydrogens (tertiary/aromatic N) is 1. The van der Waals surface area contributed by atoms with Gasteiger partial charge in [-0.1, -0.05) is 6.07 Å². The van der Waals surface area contributed by atoms with E-state index in [2.05, 4.69) is 31.5 Å². The largest absolute Gasteiger partial charge is 0.373 e. The zero-order valence-corrected chi connectivity index (χ0v) is 10.8. The Hall–Kier alpha value is -1.62. The number of rotatable bonds is 3. The molecule has 1 heterocycles. The molecule has 0 radical (unpaired) electrons. The summed E-state index contributed by atoms with van der Waals surface area (Å²) in [6, 6.07) is 10.4. The molecule has 0 spiro atoms. The van der Waals surface area contributed by atoms with Crippen LogP contribution in [0.4, 0.5) is 21.7 Å². The molecule has 2 rings (SSSR count). The number of benzene rings is 1. The van der Waals surface area contributed by atoms with E-state index in [1.165, 1.54) is 6.07 Å². The maximum Gasteiger partial charge on any atom is 0.139 e. The van der Waals surface area contributed by atoms with Crippen molar-refractivity contribution in [3.63, 3.8) is 0 Å². The third kappa shape index (κ3) is 2.94. The number of hydrogen-bond acceptors (Lipinski definition) is 3. The third-order valence-corrected chi connectivity index (χ3v) is 2.84. The number of anilines is 3. The molecule has 1 aromatic carbocycles. The predicted molar refractivity (Wildman–Crippen MR) is 71.2 cm³/mol. The standard InChI is InChI=1S/C12H11BrFN3/c1-15-11-3-2-4-12(17-11)16-8-5-6-9(13)10(14)7-8/h2-7H,1H3,(H2,15,16,17). The maximum absolute atomic E-state index is 13.3. The van der Waals surface area contributed by atoms with Crippen LogP contribution in [0, 0.1) is 5.82 Å². The minimum absolute atomic E-state index is 0.306. The third-order valence-electron chi connectivity index (χ3n) is 2.20. The molecule has 0 amide bonds. The zero-order valence-electron chi connectivity index (χ0n) is 9.17. The average Bonchev–Trinajstić information content (AvgIpc) is 2.34. The summed E-state index contributed by atoms with van der Waals surface area (Å²) < 4.78 is 13.8. The molecule has 17 heavy (non-hydrogen) atoms. The molecule has 0 unspecified atom stereocenters. The smallest absolute Gasteiger partial charge is 0.139 e. The van der Waals surface area contributed by atoms with Crippen LogP contribution in [-0.2, 0) is 0 Å². The lowest BCUT2D eigenvalue weighted by molar-refractivity contribution is 0.622. The molecule has 0 aliphatic rings. The predicted octanol–water partition coefficient (Wildman–Crippen LogP) is 3.77. The number of hydrogen-bond donors (Lipinski definition) is 2. The first-order chi connectivity index (χ1) is 8.19. The number of pyridine rings is 1. The number of halogens is 2. The van der Waals surface area contributed by atoms with Crippen LogP contribution in [0.3, 0.4) is 0 Å². The molecule has 0 saturated heterocycles. The topological polar surface area (TPSA) is 37.0 Å². The van der Waals surface area contributed by atoms with Crippen molar-refractivity contribution in [1.29, 1.82) is 0 Å². The first kappa shape index (κ1) is 11.9. The van der Waals surface area contributed by atoms with E-state index in [1.807, 2.05) is 18.2 Å². The summed E-state index contributed by atoms with van der Waals surface area (Å²) in [6.45, 7) is 0. The quantitative estimate of drug-likeness (QED) is 0.905. The molecular weight excluding hydrogens is 285 g/mol. The van der Waals surface area contributed by atoms with E-state index in [9.17, 15) is 4.39 Å². The Bertz CT molecular complexity index is 531. The Balaban J connectivity index is 2.22. The molecular formula is C12H11BrFN3. The minimum atomic E-state index is -0.306. The second-order valence-corrected chi connectivity index (χ2v) is 4.27. The van der Waals surface area contributed by atoms with E-state index >= 15 is 0 Å². The Morgan fingerprint density at radius 1 is 1.18 bits per heavy atom. The molecule has 5 heteroatoms. The fourth-order valence-electron chi connectivity index (χ4n) is 1.37. The normalized spacial score (nSPS) is 10.1. The van der Waals surface area contributed by atoms with Crippen LogP contribution in [0.25, 0.3) is 0 Å². The van der Waals surface area contributed by atoms with Gasteiger partial charge in [-0.15, -0.1) is 0 Å². The summed E-state index contributed by atoms with van der Waals surface area (Å²) >= 11 is 3.11. The highest BCUT2D eigenvalue weighted by atomic mass is 79.9. The molecule has 2 N–H and O–H groups in total. The van der Waals surface area contributed by atoms with Crippen LogP contribution >= 0.6 is 15.9 Å². The second-order valence-electron chi connectivity index (χ2n) is 3.41. The monoisotopic (exact) mass is 295 g/mol. The van der Waals surface area contributed by atoms with Crippen molar-refractivity contribution in [3.05, 3.63) is 46.7 Å². The van der Waals surface area contributed by atoms with Crippen LogP contribution < -0.4 is 10.6 Å². The van der Waals surface area contributed by atoms with Crippen LogP contribution in [0.1, 0.15) is 0 Å². The Morgan fingerprint density at radius 2 is 1.94 bits per heavy atom. The first-order valence-electron chi connectivity index (χ1n) is 5.06. The van der Waals surface area contributed by atoms with Gasteiger partial charge in [0, 0.05) is 12.7 Å². The van der Waals surface area contributed by atoms with Gasteiger partial charge in [-0.2, -0.15) is 0 Å². The Kier molecular flexibility index (Phi) is 3.58. The van der Waals surface area contributed by atoms with Crippen molar-refractivity contribution in [1.82, 2.24) is 4.98 Å². The highest BCUT2D eigenvalue weighted by molar-refractivity contribution is 9.10. The van der Waals surface area contributed by atoms with Gasteiger partial charge in [0.25, 0.3) is 0 Å². The highest BCUT2D eigenvalue weighted by Gasteiger charge is 2.02. The van der Waals surface area contributed by atoms with Crippen molar-refractivity contribution in [2.24, 2.45) is 0 Å². The van der Waals surface area contributed by atoms with Gasteiger partial charge in [0.1, 0.15) is 17.5 Å². The lowest BCUT2D eigenvalue weighted by Crippen LogP contribution is -1.97. The van der Waals surface area contributed by atoms with Crippen LogP contribution in [0.5, 0.6) is 0 Å².